The fourth-order valence-electron chi connectivity index (χ4n) is 2.31. The highest BCUT2D eigenvalue weighted by molar-refractivity contribution is 7.99. The molecule has 4 nitrogen and oxygen atoms in total. The van der Waals surface area contributed by atoms with Crippen molar-refractivity contribution in [2.75, 3.05) is 5.75 Å². The molecule has 0 saturated carbocycles. The Kier molecular flexibility index (Phi) is 4.20. The van der Waals surface area contributed by atoms with Gasteiger partial charge in [-0.2, -0.15) is 17.6 Å². The molecular weight excluding hydrogens is 344 g/mol. The summed E-state index contributed by atoms with van der Waals surface area (Å²) in [4.78, 5) is 12.2. The average molecular weight is 356 g/mol. The number of nitrogens with zero attached hydrogens (tertiary/aromatic N) is 4. The van der Waals surface area contributed by atoms with Crippen LogP contribution in [0.3, 0.4) is 0 Å². The number of alkyl halides is 3. The van der Waals surface area contributed by atoms with E-state index >= 15 is 0 Å². The highest BCUT2D eigenvalue weighted by Crippen LogP contribution is 2.33. The Balaban J connectivity index is 2.21. The molecule has 3 heterocycles. The number of thioether (sulfide) groups is 1. The molecule has 9 heteroatoms. The van der Waals surface area contributed by atoms with Gasteiger partial charge in [0.1, 0.15) is 11.4 Å². The molecule has 0 spiro atoms. The Morgan fingerprint density at radius 2 is 1.96 bits per heavy atom. The summed E-state index contributed by atoms with van der Waals surface area (Å²) in [6.45, 7) is 1.94. The van der Waals surface area contributed by atoms with Crippen LogP contribution in [0.2, 0.25) is 0 Å². The van der Waals surface area contributed by atoms with Crippen LogP contribution in [0.5, 0.6) is 0 Å². The lowest BCUT2D eigenvalue weighted by Gasteiger charge is -2.07. The lowest BCUT2D eigenvalue weighted by atomic mass is 10.3. The second kappa shape index (κ2) is 6.04. The Labute approximate surface area is 138 Å². The molecule has 0 radical (unpaired) electrons. The van der Waals surface area contributed by atoms with Crippen molar-refractivity contribution in [1.82, 2.24) is 19.5 Å². The molecule has 24 heavy (non-hydrogen) atoms. The van der Waals surface area contributed by atoms with Gasteiger partial charge >= 0.3 is 6.18 Å². The second-order valence-electron chi connectivity index (χ2n) is 4.96. The topological polar surface area (TPSA) is 43.6 Å². The summed E-state index contributed by atoms with van der Waals surface area (Å²) >= 11 is 1.45. The van der Waals surface area contributed by atoms with Gasteiger partial charge in [0.2, 0.25) is 5.95 Å². The third-order valence-electron chi connectivity index (χ3n) is 3.39. The molecule has 0 N–H and O–H groups in total. The molecular formula is C15H12F4N4S. The molecule has 0 bridgehead atoms. The minimum Gasteiger partial charge on any atom is -0.325 e. The Morgan fingerprint density at radius 3 is 2.62 bits per heavy atom. The van der Waals surface area contributed by atoms with Crippen LogP contribution in [-0.4, -0.2) is 25.3 Å². The summed E-state index contributed by atoms with van der Waals surface area (Å²) in [5.74, 6) is 0.359. The van der Waals surface area contributed by atoms with E-state index in [0.29, 0.717) is 21.9 Å². The van der Waals surface area contributed by atoms with Crippen LogP contribution in [-0.2, 0) is 13.2 Å². The van der Waals surface area contributed by atoms with Gasteiger partial charge in [-0.25, -0.2) is 15.0 Å². The quantitative estimate of drug-likeness (QED) is 0.399. The first-order valence-electron chi connectivity index (χ1n) is 7.00. The number of fused-ring (bicyclic) bond motifs is 1. The zero-order valence-corrected chi connectivity index (χ0v) is 13.5. The molecule has 3 aromatic rings. The summed E-state index contributed by atoms with van der Waals surface area (Å²) in [6, 6.07) is 3.71. The minimum absolute atomic E-state index is 0.133. The first-order valence-corrected chi connectivity index (χ1v) is 7.99. The van der Waals surface area contributed by atoms with Crippen LogP contribution in [0.15, 0.2) is 29.3 Å². The third-order valence-corrected chi connectivity index (χ3v) is 4.32. The molecule has 3 aromatic heterocycles. The smallest absolute Gasteiger partial charge is 0.325 e. The average Bonchev–Trinajstić information content (AvgIpc) is 2.85. The molecule has 0 amide bonds. The number of aromatic nitrogens is 4. The molecule has 126 valence electrons. The summed E-state index contributed by atoms with van der Waals surface area (Å²) in [5.41, 5.74) is -0.172. The first-order chi connectivity index (χ1) is 11.3. The summed E-state index contributed by atoms with van der Waals surface area (Å²) in [6.07, 6.45) is -3.44. The fraction of sp³-hybridized carbons (Fsp3) is 0.267. The van der Waals surface area contributed by atoms with Gasteiger partial charge in [0.15, 0.2) is 5.82 Å². The Morgan fingerprint density at radius 1 is 1.21 bits per heavy atom. The maximum atomic E-state index is 13.6. The molecule has 0 saturated heterocycles. The number of hydrogen-bond donors (Lipinski definition) is 0. The molecule has 0 aromatic carbocycles. The number of pyridine rings is 2. The number of imidazole rings is 1. The van der Waals surface area contributed by atoms with E-state index in [1.165, 1.54) is 17.8 Å². The zero-order chi connectivity index (χ0) is 17.5. The highest BCUT2D eigenvalue weighted by atomic mass is 32.2. The SMILES string of the molecule is CCSc1ccc(F)nc1-c1nc2cc(C(F)(F)F)ncc2n1C. The maximum Gasteiger partial charge on any atom is 0.433 e. The van der Waals surface area contributed by atoms with E-state index in [1.54, 1.807) is 17.7 Å². The second-order valence-corrected chi connectivity index (χ2v) is 6.27. The third kappa shape index (κ3) is 2.95. The molecule has 0 aliphatic rings. The van der Waals surface area contributed by atoms with Gasteiger partial charge < -0.3 is 4.57 Å². The van der Waals surface area contributed by atoms with E-state index in [0.717, 1.165) is 18.0 Å². The van der Waals surface area contributed by atoms with Gasteiger partial charge in [0.05, 0.1) is 17.2 Å². The highest BCUT2D eigenvalue weighted by Gasteiger charge is 2.33. The predicted octanol–water partition coefficient (Wildman–Crippen LogP) is 4.30. The molecule has 0 fully saturated rings. The number of aryl methyl sites for hydroxylation is 1. The van der Waals surface area contributed by atoms with Crippen molar-refractivity contribution < 1.29 is 17.6 Å². The molecule has 3 rings (SSSR count). The molecule has 0 unspecified atom stereocenters. The summed E-state index contributed by atoms with van der Waals surface area (Å²) < 4.78 is 53.5. The van der Waals surface area contributed by atoms with Crippen molar-refractivity contribution in [2.24, 2.45) is 7.05 Å². The van der Waals surface area contributed by atoms with Crippen molar-refractivity contribution in [3.8, 4) is 11.5 Å². The Bertz CT molecular complexity index is 904. The number of rotatable bonds is 3. The van der Waals surface area contributed by atoms with Crippen LogP contribution >= 0.6 is 11.8 Å². The van der Waals surface area contributed by atoms with E-state index in [-0.39, 0.29) is 5.52 Å². The number of hydrogen-bond acceptors (Lipinski definition) is 4. The van der Waals surface area contributed by atoms with Crippen molar-refractivity contribution >= 4 is 22.8 Å². The predicted molar refractivity (Wildman–Crippen MR) is 83.1 cm³/mol. The van der Waals surface area contributed by atoms with Gasteiger partial charge in [-0.3, -0.25) is 0 Å². The van der Waals surface area contributed by atoms with Gasteiger partial charge in [0, 0.05) is 11.9 Å². The van der Waals surface area contributed by atoms with E-state index in [9.17, 15) is 17.6 Å². The lowest BCUT2D eigenvalue weighted by molar-refractivity contribution is -0.141. The van der Waals surface area contributed by atoms with Crippen molar-refractivity contribution in [3.05, 3.63) is 36.0 Å². The van der Waals surface area contributed by atoms with Gasteiger partial charge in [-0.05, 0) is 24.0 Å². The Hall–Kier alpha value is -2.16. The molecule has 0 aliphatic heterocycles. The van der Waals surface area contributed by atoms with E-state index in [2.05, 4.69) is 15.0 Å². The fourth-order valence-corrected chi connectivity index (χ4v) is 3.06. The summed E-state index contributed by atoms with van der Waals surface area (Å²) in [5, 5.41) is 0. The van der Waals surface area contributed by atoms with Crippen LogP contribution in [0.25, 0.3) is 22.6 Å². The van der Waals surface area contributed by atoms with Crippen LogP contribution < -0.4 is 0 Å². The van der Waals surface area contributed by atoms with Crippen molar-refractivity contribution in [1.29, 1.82) is 0 Å². The van der Waals surface area contributed by atoms with Crippen LogP contribution in [0, 0.1) is 5.95 Å². The van der Waals surface area contributed by atoms with Crippen molar-refractivity contribution in [2.45, 2.75) is 18.0 Å². The van der Waals surface area contributed by atoms with E-state index in [4.69, 9.17) is 0 Å². The summed E-state index contributed by atoms with van der Waals surface area (Å²) in [7, 11) is 1.63. The van der Waals surface area contributed by atoms with Crippen LogP contribution in [0.4, 0.5) is 17.6 Å². The van der Waals surface area contributed by atoms with Gasteiger partial charge in [-0.1, -0.05) is 6.92 Å². The largest absolute Gasteiger partial charge is 0.433 e. The standard InChI is InChI=1S/C15H12F4N4S/c1-3-24-10-4-5-12(16)22-13(10)14-21-8-6-11(15(17,18)19)20-7-9(8)23(14)2/h4-7H,3H2,1-2H3. The van der Waals surface area contributed by atoms with E-state index in [1.807, 2.05) is 6.92 Å². The van der Waals surface area contributed by atoms with Gasteiger partial charge in [0.25, 0.3) is 0 Å². The molecule has 0 aliphatic carbocycles. The number of halogens is 4. The monoisotopic (exact) mass is 356 g/mol. The first kappa shape index (κ1) is 16.7. The van der Waals surface area contributed by atoms with Gasteiger partial charge in [-0.15, -0.1) is 11.8 Å². The minimum atomic E-state index is -4.55. The van der Waals surface area contributed by atoms with Crippen molar-refractivity contribution in [3.63, 3.8) is 0 Å². The normalized spacial score (nSPS) is 12.1. The maximum absolute atomic E-state index is 13.6. The lowest BCUT2D eigenvalue weighted by Crippen LogP contribution is -2.07. The van der Waals surface area contributed by atoms with E-state index < -0.39 is 17.8 Å². The van der Waals surface area contributed by atoms with Crippen LogP contribution in [0.1, 0.15) is 12.6 Å². The zero-order valence-electron chi connectivity index (χ0n) is 12.7. The molecule has 0 atom stereocenters.